The van der Waals surface area contributed by atoms with E-state index in [2.05, 4.69) is 10.3 Å². The normalized spacial score (nSPS) is 10.3. The van der Waals surface area contributed by atoms with Gasteiger partial charge in [0.15, 0.2) is 23.1 Å². The maximum absolute atomic E-state index is 13.1. The molecule has 3 aromatic rings. The highest BCUT2D eigenvalue weighted by molar-refractivity contribution is 6.05. The third kappa shape index (κ3) is 5.91. The van der Waals surface area contributed by atoms with Gasteiger partial charge in [-0.3, -0.25) is 4.79 Å². The Hall–Kier alpha value is -3.74. The lowest BCUT2D eigenvalue weighted by Crippen LogP contribution is -2.15. The first-order valence-corrected chi connectivity index (χ1v) is 10.7. The lowest BCUT2D eigenvalue weighted by atomic mass is 10.1. The van der Waals surface area contributed by atoms with Crippen LogP contribution in [0.25, 0.3) is 0 Å². The molecular formula is C25H28N2O5. The Morgan fingerprint density at radius 2 is 1.47 bits per heavy atom. The number of benzene rings is 2. The number of ether oxygens (including phenoxy) is 4. The highest BCUT2D eigenvalue weighted by Gasteiger charge is 2.19. The fraction of sp³-hybridized carbons (Fsp3) is 0.280. The zero-order chi connectivity index (χ0) is 22.8. The van der Waals surface area contributed by atoms with Gasteiger partial charge in [-0.25, -0.2) is 4.98 Å². The molecule has 7 heteroatoms. The summed E-state index contributed by atoms with van der Waals surface area (Å²) in [4.78, 5) is 17.3. The average Bonchev–Trinajstić information content (AvgIpc) is 2.81. The van der Waals surface area contributed by atoms with Crippen molar-refractivity contribution in [3.8, 4) is 23.0 Å². The highest BCUT2D eigenvalue weighted by atomic mass is 16.5. The molecule has 0 aliphatic heterocycles. The number of nitrogens with zero attached hydrogens (tertiary/aromatic N) is 1. The van der Waals surface area contributed by atoms with Gasteiger partial charge in [-0.1, -0.05) is 30.3 Å². The zero-order valence-electron chi connectivity index (χ0n) is 18.6. The van der Waals surface area contributed by atoms with Crippen LogP contribution in [0, 0.1) is 0 Å². The molecule has 0 aliphatic carbocycles. The summed E-state index contributed by atoms with van der Waals surface area (Å²) in [6.07, 6.45) is 1.60. The molecule has 0 bridgehead atoms. The lowest BCUT2D eigenvalue weighted by molar-refractivity contribution is 0.102. The smallest absolute Gasteiger partial charge is 0.257 e. The minimum Gasteiger partial charge on any atom is -0.490 e. The van der Waals surface area contributed by atoms with E-state index in [0.717, 1.165) is 5.56 Å². The Morgan fingerprint density at radius 1 is 0.812 bits per heavy atom. The summed E-state index contributed by atoms with van der Waals surface area (Å²) >= 11 is 0. The SMILES string of the molecule is CCOc1cc(C(=O)Nc2ncccc2OCc2ccccc2)cc(OCC)c1OCC. The fourth-order valence-corrected chi connectivity index (χ4v) is 3.04. The molecule has 0 spiro atoms. The topological polar surface area (TPSA) is 78.9 Å². The number of hydrogen-bond donors (Lipinski definition) is 1. The summed E-state index contributed by atoms with van der Waals surface area (Å²) in [6, 6.07) is 16.6. The van der Waals surface area contributed by atoms with Crippen LogP contribution in [0.5, 0.6) is 23.0 Å². The first-order valence-electron chi connectivity index (χ1n) is 10.7. The van der Waals surface area contributed by atoms with E-state index < -0.39 is 0 Å². The maximum Gasteiger partial charge on any atom is 0.257 e. The summed E-state index contributed by atoms with van der Waals surface area (Å²) in [5, 5.41) is 2.83. The Morgan fingerprint density at radius 3 is 2.09 bits per heavy atom. The van der Waals surface area contributed by atoms with Gasteiger partial charge >= 0.3 is 0 Å². The molecule has 0 saturated carbocycles. The highest BCUT2D eigenvalue weighted by Crippen LogP contribution is 2.39. The van der Waals surface area contributed by atoms with Crippen molar-refractivity contribution < 1.29 is 23.7 Å². The van der Waals surface area contributed by atoms with Crippen molar-refractivity contribution in [1.82, 2.24) is 4.98 Å². The Bertz CT molecular complexity index is 997. The molecule has 0 fully saturated rings. The van der Waals surface area contributed by atoms with Gasteiger partial charge in [0, 0.05) is 11.8 Å². The molecule has 2 aromatic carbocycles. The van der Waals surface area contributed by atoms with E-state index >= 15 is 0 Å². The quantitative estimate of drug-likeness (QED) is 0.450. The van der Waals surface area contributed by atoms with Crippen molar-refractivity contribution in [3.63, 3.8) is 0 Å². The molecule has 1 amide bonds. The molecule has 0 aliphatic rings. The van der Waals surface area contributed by atoms with Gasteiger partial charge in [0.25, 0.3) is 5.91 Å². The minimum absolute atomic E-state index is 0.332. The molecule has 3 rings (SSSR count). The van der Waals surface area contributed by atoms with Gasteiger partial charge in [-0.2, -0.15) is 0 Å². The third-order valence-corrected chi connectivity index (χ3v) is 4.41. The fourth-order valence-electron chi connectivity index (χ4n) is 3.04. The Kier molecular flexibility index (Phi) is 8.31. The Balaban J connectivity index is 1.83. The van der Waals surface area contributed by atoms with Crippen LogP contribution in [0.2, 0.25) is 0 Å². The van der Waals surface area contributed by atoms with Crippen molar-refractivity contribution in [1.29, 1.82) is 0 Å². The molecule has 168 valence electrons. The number of carbonyl (C=O) groups excluding carboxylic acids is 1. The van der Waals surface area contributed by atoms with Crippen LogP contribution < -0.4 is 24.3 Å². The summed E-state index contributed by atoms with van der Waals surface area (Å²) < 4.78 is 23.0. The van der Waals surface area contributed by atoms with E-state index in [9.17, 15) is 4.79 Å². The van der Waals surface area contributed by atoms with Gasteiger partial charge in [0.2, 0.25) is 5.75 Å². The molecule has 1 N–H and O–H groups in total. The molecule has 32 heavy (non-hydrogen) atoms. The predicted octanol–water partition coefficient (Wildman–Crippen LogP) is 5.11. The van der Waals surface area contributed by atoms with E-state index in [1.54, 1.807) is 30.5 Å². The van der Waals surface area contributed by atoms with Gasteiger partial charge < -0.3 is 24.3 Å². The van der Waals surface area contributed by atoms with Crippen LogP contribution in [0.1, 0.15) is 36.7 Å². The Labute approximate surface area is 188 Å². The van der Waals surface area contributed by atoms with E-state index in [1.807, 2.05) is 51.1 Å². The van der Waals surface area contributed by atoms with Crippen LogP contribution in [-0.4, -0.2) is 30.7 Å². The minimum atomic E-state index is -0.363. The van der Waals surface area contributed by atoms with Crippen LogP contribution >= 0.6 is 0 Å². The number of rotatable bonds is 11. The average molecular weight is 437 g/mol. The number of carbonyl (C=O) groups is 1. The largest absolute Gasteiger partial charge is 0.490 e. The molecule has 1 aromatic heterocycles. The van der Waals surface area contributed by atoms with E-state index in [1.165, 1.54) is 0 Å². The number of anilines is 1. The summed E-state index contributed by atoms with van der Waals surface area (Å²) in [6.45, 7) is 7.27. The molecule has 1 heterocycles. The summed E-state index contributed by atoms with van der Waals surface area (Å²) in [5.74, 6) is 1.83. The van der Waals surface area contributed by atoms with Gasteiger partial charge in [-0.05, 0) is 50.6 Å². The number of pyridine rings is 1. The second kappa shape index (κ2) is 11.6. The molecule has 7 nitrogen and oxygen atoms in total. The second-order valence-corrected chi connectivity index (χ2v) is 6.68. The first-order chi connectivity index (χ1) is 15.7. The van der Waals surface area contributed by atoms with Gasteiger partial charge in [-0.15, -0.1) is 0 Å². The molecular weight excluding hydrogens is 408 g/mol. The van der Waals surface area contributed by atoms with Crippen molar-refractivity contribution in [2.75, 3.05) is 25.1 Å². The van der Waals surface area contributed by atoms with Crippen LogP contribution in [0.4, 0.5) is 5.82 Å². The van der Waals surface area contributed by atoms with Gasteiger partial charge in [0.05, 0.1) is 19.8 Å². The molecule has 0 radical (unpaired) electrons. The van der Waals surface area contributed by atoms with Crippen molar-refractivity contribution in [2.24, 2.45) is 0 Å². The van der Waals surface area contributed by atoms with Crippen LogP contribution in [-0.2, 0) is 6.61 Å². The maximum atomic E-state index is 13.1. The number of aromatic nitrogens is 1. The van der Waals surface area contributed by atoms with Gasteiger partial charge in [0.1, 0.15) is 6.61 Å². The standard InChI is InChI=1S/C25H28N2O5/c1-4-29-21-15-19(16-22(30-5-2)23(21)31-6-3)25(28)27-24-20(13-10-14-26-24)32-17-18-11-8-7-9-12-18/h7-16H,4-6,17H2,1-3H3,(H,26,27,28). The molecule has 0 saturated heterocycles. The molecule has 0 unspecified atom stereocenters. The van der Waals surface area contributed by atoms with Crippen molar-refractivity contribution >= 4 is 11.7 Å². The van der Waals surface area contributed by atoms with E-state index in [0.29, 0.717) is 60.8 Å². The number of nitrogens with one attached hydrogen (secondary N) is 1. The first kappa shape index (κ1) is 22.9. The number of amides is 1. The predicted molar refractivity (Wildman–Crippen MR) is 123 cm³/mol. The second-order valence-electron chi connectivity index (χ2n) is 6.68. The van der Waals surface area contributed by atoms with Crippen LogP contribution in [0.15, 0.2) is 60.8 Å². The number of hydrogen-bond acceptors (Lipinski definition) is 6. The summed E-state index contributed by atoms with van der Waals surface area (Å²) in [5.41, 5.74) is 1.38. The van der Waals surface area contributed by atoms with E-state index in [-0.39, 0.29) is 5.91 Å². The van der Waals surface area contributed by atoms with E-state index in [4.69, 9.17) is 18.9 Å². The van der Waals surface area contributed by atoms with Crippen molar-refractivity contribution in [3.05, 3.63) is 71.9 Å². The van der Waals surface area contributed by atoms with Crippen molar-refractivity contribution in [2.45, 2.75) is 27.4 Å². The third-order valence-electron chi connectivity index (χ3n) is 4.41. The molecule has 0 atom stereocenters. The monoisotopic (exact) mass is 436 g/mol. The summed E-state index contributed by atoms with van der Waals surface area (Å²) in [7, 11) is 0. The zero-order valence-corrected chi connectivity index (χ0v) is 18.6. The lowest BCUT2D eigenvalue weighted by Gasteiger charge is -2.17. The van der Waals surface area contributed by atoms with Crippen LogP contribution in [0.3, 0.4) is 0 Å².